The molecule has 0 aliphatic carbocycles. The predicted octanol–water partition coefficient (Wildman–Crippen LogP) is 4.86. The summed E-state index contributed by atoms with van der Waals surface area (Å²) in [5, 5.41) is 10.4. The number of aromatic nitrogens is 1. The van der Waals surface area contributed by atoms with Gasteiger partial charge in [0.2, 0.25) is 0 Å². The van der Waals surface area contributed by atoms with Crippen LogP contribution in [0.5, 0.6) is 11.5 Å². The maximum atomic E-state index is 12.3. The van der Waals surface area contributed by atoms with Crippen molar-refractivity contribution in [1.82, 2.24) is 10.5 Å². The number of aromatic hydroxyl groups is 1. The SMILES string of the molecule is O=C(NF)c1cccc(OCc2nc3cc(-c4cccc(O)c4)ccc3s2)c1. The number of halogens is 1. The molecular weight excluding hydrogens is 379 g/mol. The summed E-state index contributed by atoms with van der Waals surface area (Å²) in [4.78, 5) is 16.0. The minimum Gasteiger partial charge on any atom is -0.508 e. The van der Waals surface area contributed by atoms with Crippen LogP contribution in [0, 0.1) is 0 Å². The fraction of sp³-hybridized carbons (Fsp3) is 0.0476. The van der Waals surface area contributed by atoms with Crippen LogP contribution in [0.2, 0.25) is 0 Å². The third-order valence-electron chi connectivity index (χ3n) is 4.16. The number of nitrogens with zero attached hydrogens (tertiary/aromatic N) is 1. The highest BCUT2D eigenvalue weighted by atomic mass is 32.1. The summed E-state index contributed by atoms with van der Waals surface area (Å²) < 4.78 is 19.0. The van der Waals surface area contributed by atoms with Crippen molar-refractivity contribution in [3.63, 3.8) is 0 Å². The van der Waals surface area contributed by atoms with Gasteiger partial charge in [0.05, 0.1) is 10.2 Å². The summed E-state index contributed by atoms with van der Waals surface area (Å²) in [7, 11) is 0. The number of rotatable bonds is 5. The first-order valence-electron chi connectivity index (χ1n) is 8.45. The van der Waals surface area contributed by atoms with Crippen LogP contribution in [0.15, 0.2) is 66.7 Å². The molecule has 1 aromatic heterocycles. The molecule has 1 heterocycles. The van der Waals surface area contributed by atoms with Crippen molar-refractivity contribution in [2.24, 2.45) is 0 Å². The van der Waals surface area contributed by atoms with Crippen molar-refractivity contribution >= 4 is 27.5 Å². The molecule has 0 saturated carbocycles. The Kier molecular flexibility index (Phi) is 4.90. The third kappa shape index (κ3) is 3.79. The predicted molar refractivity (Wildman–Crippen MR) is 106 cm³/mol. The Bertz CT molecular complexity index is 1160. The van der Waals surface area contributed by atoms with E-state index in [1.807, 2.05) is 24.3 Å². The summed E-state index contributed by atoms with van der Waals surface area (Å²) in [6, 6.07) is 19.3. The molecule has 3 aromatic carbocycles. The number of phenolic OH excluding ortho intramolecular Hbond substituents is 1. The van der Waals surface area contributed by atoms with Crippen molar-refractivity contribution in [3.05, 3.63) is 77.3 Å². The van der Waals surface area contributed by atoms with Gasteiger partial charge in [-0.1, -0.05) is 28.7 Å². The van der Waals surface area contributed by atoms with Crippen LogP contribution in [-0.2, 0) is 6.61 Å². The van der Waals surface area contributed by atoms with E-state index in [2.05, 4.69) is 4.98 Å². The van der Waals surface area contributed by atoms with E-state index >= 15 is 0 Å². The van der Waals surface area contributed by atoms with Crippen LogP contribution in [0.4, 0.5) is 4.48 Å². The number of phenols is 1. The standard InChI is InChI=1S/C21H15FN2O3S/c22-24-21(26)15-4-2-6-17(10-15)27-12-20-23-18-11-14(7-8-19(18)28-20)13-3-1-5-16(25)9-13/h1-11,25H,12H2,(H,24,26). The van der Waals surface area contributed by atoms with Gasteiger partial charge in [0, 0.05) is 5.56 Å². The molecule has 0 unspecified atom stereocenters. The van der Waals surface area contributed by atoms with Gasteiger partial charge >= 0.3 is 0 Å². The third-order valence-corrected chi connectivity index (χ3v) is 5.17. The van der Waals surface area contributed by atoms with Gasteiger partial charge in [-0.2, -0.15) is 5.54 Å². The number of carbonyl (C=O) groups excluding carboxylic acids is 1. The fourth-order valence-corrected chi connectivity index (χ4v) is 3.69. The minimum absolute atomic E-state index is 0.181. The number of fused-ring (bicyclic) bond motifs is 1. The van der Waals surface area contributed by atoms with Crippen LogP contribution >= 0.6 is 11.3 Å². The first-order chi connectivity index (χ1) is 13.6. The number of carbonyl (C=O) groups is 1. The van der Waals surface area contributed by atoms with Crippen LogP contribution in [0.3, 0.4) is 0 Å². The van der Waals surface area contributed by atoms with E-state index < -0.39 is 5.91 Å². The van der Waals surface area contributed by atoms with Crippen molar-refractivity contribution in [1.29, 1.82) is 0 Å². The van der Waals surface area contributed by atoms with Gasteiger partial charge in [-0.25, -0.2) is 4.98 Å². The molecule has 28 heavy (non-hydrogen) atoms. The Labute approximate surface area is 164 Å². The number of amides is 1. The zero-order chi connectivity index (χ0) is 19.5. The maximum Gasteiger partial charge on any atom is 0.279 e. The van der Waals surface area contributed by atoms with E-state index in [-0.39, 0.29) is 17.9 Å². The molecule has 5 nitrogen and oxygen atoms in total. The van der Waals surface area contributed by atoms with Gasteiger partial charge in [0.15, 0.2) is 0 Å². The number of ether oxygens (including phenoxy) is 1. The zero-order valence-electron chi connectivity index (χ0n) is 14.6. The molecule has 1 amide bonds. The molecule has 0 atom stereocenters. The minimum atomic E-state index is -0.815. The first-order valence-corrected chi connectivity index (χ1v) is 9.27. The van der Waals surface area contributed by atoms with E-state index in [1.54, 1.807) is 30.3 Å². The summed E-state index contributed by atoms with van der Waals surface area (Å²) in [5.74, 6) is -0.139. The summed E-state index contributed by atoms with van der Waals surface area (Å²) in [6.07, 6.45) is 0. The molecule has 4 aromatic rings. The lowest BCUT2D eigenvalue weighted by atomic mass is 10.1. The first kappa shape index (κ1) is 17.9. The molecule has 140 valence electrons. The fourth-order valence-electron chi connectivity index (χ4n) is 2.83. The lowest BCUT2D eigenvalue weighted by Gasteiger charge is -2.05. The second-order valence-electron chi connectivity index (χ2n) is 6.08. The molecule has 0 aliphatic rings. The summed E-state index contributed by atoms with van der Waals surface area (Å²) in [5.41, 5.74) is 4.00. The number of hydrogen-bond acceptors (Lipinski definition) is 5. The van der Waals surface area contributed by atoms with Gasteiger partial charge in [0.1, 0.15) is 23.1 Å². The quantitative estimate of drug-likeness (QED) is 0.474. The average Bonchev–Trinajstić information content (AvgIpc) is 3.14. The molecular formula is C21H15FN2O3S. The second kappa shape index (κ2) is 7.66. The second-order valence-corrected chi connectivity index (χ2v) is 7.20. The van der Waals surface area contributed by atoms with E-state index in [0.29, 0.717) is 5.75 Å². The van der Waals surface area contributed by atoms with E-state index in [0.717, 1.165) is 31.9 Å². The molecule has 0 fully saturated rings. The lowest BCUT2D eigenvalue weighted by molar-refractivity contribution is 0.0859. The highest BCUT2D eigenvalue weighted by Gasteiger charge is 2.09. The van der Waals surface area contributed by atoms with Crippen LogP contribution in [-0.4, -0.2) is 16.0 Å². The number of benzene rings is 3. The Morgan fingerprint density at radius 3 is 2.71 bits per heavy atom. The maximum absolute atomic E-state index is 12.3. The Morgan fingerprint density at radius 2 is 1.89 bits per heavy atom. The molecule has 0 saturated heterocycles. The molecule has 0 aliphatic heterocycles. The van der Waals surface area contributed by atoms with Crippen molar-refractivity contribution in [2.45, 2.75) is 6.61 Å². The number of hydrogen-bond donors (Lipinski definition) is 2. The Balaban J connectivity index is 1.53. The van der Waals surface area contributed by atoms with Crippen LogP contribution in [0.25, 0.3) is 21.3 Å². The van der Waals surface area contributed by atoms with E-state index in [1.165, 1.54) is 23.5 Å². The van der Waals surface area contributed by atoms with Crippen LogP contribution < -0.4 is 10.3 Å². The van der Waals surface area contributed by atoms with Gasteiger partial charge in [-0.15, -0.1) is 11.3 Å². The molecule has 0 spiro atoms. The summed E-state index contributed by atoms with van der Waals surface area (Å²) in [6.45, 7) is 0.238. The monoisotopic (exact) mass is 394 g/mol. The van der Waals surface area contributed by atoms with Gasteiger partial charge in [0.25, 0.3) is 5.91 Å². The van der Waals surface area contributed by atoms with Gasteiger partial charge < -0.3 is 9.84 Å². The lowest BCUT2D eigenvalue weighted by Crippen LogP contribution is -2.13. The van der Waals surface area contributed by atoms with Crippen molar-refractivity contribution in [3.8, 4) is 22.6 Å². The van der Waals surface area contributed by atoms with E-state index in [9.17, 15) is 14.4 Å². The van der Waals surface area contributed by atoms with Crippen LogP contribution in [0.1, 0.15) is 15.4 Å². The molecule has 0 radical (unpaired) electrons. The molecule has 0 bridgehead atoms. The highest BCUT2D eigenvalue weighted by molar-refractivity contribution is 7.18. The Hall–Kier alpha value is -3.45. The largest absolute Gasteiger partial charge is 0.508 e. The molecule has 7 heteroatoms. The summed E-state index contributed by atoms with van der Waals surface area (Å²) >= 11 is 1.51. The van der Waals surface area contributed by atoms with Crippen molar-refractivity contribution in [2.75, 3.05) is 0 Å². The van der Waals surface area contributed by atoms with Crippen molar-refractivity contribution < 1.29 is 19.1 Å². The van der Waals surface area contributed by atoms with E-state index in [4.69, 9.17) is 4.74 Å². The van der Waals surface area contributed by atoms with Gasteiger partial charge in [-0.3, -0.25) is 4.79 Å². The number of thiazole rings is 1. The topological polar surface area (TPSA) is 71.5 Å². The zero-order valence-corrected chi connectivity index (χ0v) is 15.4. The Morgan fingerprint density at radius 1 is 1.07 bits per heavy atom. The normalized spacial score (nSPS) is 10.8. The average molecular weight is 394 g/mol. The van der Waals surface area contributed by atoms with Gasteiger partial charge in [-0.05, 0) is 53.6 Å². The smallest absolute Gasteiger partial charge is 0.279 e. The molecule has 2 N–H and O–H groups in total. The molecule has 4 rings (SSSR count). The highest BCUT2D eigenvalue weighted by Crippen LogP contribution is 2.30. The number of nitrogens with one attached hydrogen (secondary N) is 1.